The molecule has 0 atom stereocenters. The average Bonchev–Trinajstić information content (AvgIpc) is 2.42. The number of carbonyl (C=O) groups excluding carboxylic acids is 1. The van der Waals surface area contributed by atoms with Gasteiger partial charge in [0.1, 0.15) is 12.3 Å². The standard InChI is InChI=1S/C13H16N2O3/c1-15(8-10-18-2)13(17)12-11(6-4-9-16)5-3-7-14-12/h3,5,7,16H,8-10H2,1-2H3. The molecule has 0 aliphatic heterocycles. The van der Waals surface area contributed by atoms with E-state index in [0.717, 1.165) is 0 Å². The Hall–Kier alpha value is -1.90. The predicted octanol–water partition coefficient (Wildman–Crippen LogP) is 0.144. The first-order valence-corrected chi connectivity index (χ1v) is 5.50. The van der Waals surface area contributed by atoms with Crippen molar-refractivity contribution in [3.63, 3.8) is 0 Å². The van der Waals surface area contributed by atoms with Crippen molar-refractivity contribution in [2.75, 3.05) is 33.9 Å². The zero-order chi connectivity index (χ0) is 13.4. The number of ether oxygens (including phenoxy) is 1. The van der Waals surface area contributed by atoms with Gasteiger partial charge in [-0.2, -0.15) is 0 Å². The van der Waals surface area contributed by atoms with Gasteiger partial charge in [-0.15, -0.1) is 0 Å². The summed E-state index contributed by atoms with van der Waals surface area (Å²) in [6.45, 7) is 0.702. The monoisotopic (exact) mass is 248 g/mol. The van der Waals surface area contributed by atoms with Crippen LogP contribution in [-0.4, -0.2) is 54.8 Å². The lowest BCUT2D eigenvalue weighted by molar-refractivity contribution is 0.0738. The maximum Gasteiger partial charge on any atom is 0.273 e. The highest BCUT2D eigenvalue weighted by molar-refractivity contribution is 5.94. The Labute approximate surface area is 106 Å². The molecular weight excluding hydrogens is 232 g/mol. The highest BCUT2D eigenvalue weighted by atomic mass is 16.5. The van der Waals surface area contributed by atoms with Gasteiger partial charge in [0.15, 0.2) is 0 Å². The van der Waals surface area contributed by atoms with Gasteiger partial charge >= 0.3 is 0 Å². The van der Waals surface area contributed by atoms with Crippen LogP contribution < -0.4 is 0 Å². The third kappa shape index (κ3) is 3.84. The lowest BCUT2D eigenvalue weighted by Gasteiger charge is -2.16. The number of aromatic nitrogens is 1. The summed E-state index contributed by atoms with van der Waals surface area (Å²) in [5.74, 6) is 5.01. The molecule has 1 rings (SSSR count). The molecule has 1 aromatic rings. The molecule has 0 saturated carbocycles. The molecule has 1 heterocycles. The van der Waals surface area contributed by atoms with Crippen molar-refractivity contribution < 1.29 is 14.6 Å². The van der Waals surface area contributed by atoms with Gasteiger partial charge in [0.2, 0.25) is 0 Å². The summed E-state index contributed by atoms with van der Waals surface area (Å²) in [4.78, 5) is 17.7. The molecule has 5 nitrogen and oxygen atoms in total. The van der Waals surface area contributed by atoms with E-state index in [-0.39, 0.29) is 18.2 Å². The summed E-state index contributed by atoms with van der Waals surface area (Å²) >= 11 is 0. The van der Waals surface area contributed by atoms with Crippen molar-refractivity contribution in [3.8, 4) is 11.8 Å². The summed E-state index contributed by atoms with van der Waals surface area (Å²) in [6, 6.07) is 3.40. The molecule has 0 aromatic carbocycles. The molecule has 5 heteroatoms. The number of aliphatic hydroxyl groups is 1. The number of hydrogen-bond acceptors (Lipinski definition) is 4. The van der Waals surface area contributed by atoms with Gasteiger partial charge in [0.25, 0.3) is 5.91 Å². The Kier molecular flexibility index (Phi) is 5.85. The van der Waals surface area contributed by atoms with Gasteiger partial charge in [0, 0.05) is 26.9 Å². The van der Waals surface area contributed by atoms with Crippen molar-refractivity contribution in [1.82, 2.24) is 9.88 Å². The molecule has 0 radical (unpaired) electrons. The van der Waals surface area contributed by atoms with Gasteiger partial charge in [-0.1, -0.05) is 11.8 Å². The zero-order valence-corrected chi connectivity index (χ0v) is 10.5. The van der Waals surface area contributed by atoms with Crippen molar-refractivity contribution in [2.45, 2.75) is 0 Å². The number of hydrogen-bond donors (Lipinski definition) is 1. The maximum absolute atomic E-state index is 12.1. The van der Waals surface area contributed by atoms with Crippen LogP contribution in [0.25, 0.3) is 0 Å². The molecular formula is C13H16N2O3. The molecule has 0 unspecified atom stereocenters. The van der Waals surface area contributed by atoms with Crippen LogP contribution in [0.5, 0.6) is 0 Å². The minimum absolute atomic E-state index is 0.213. The topological polar surface area (TPSA) is 62.7 Å². The summed E-state index contributed by atoms with van der Waals surface area (Å²) < 4.78 is 4.92. The second-order valence-electron chi connectivity index (χ2n) is 3.58. The summed E-state index contributed by atoms with van der Waals surface area (Å²) in [5.41, 5.74) is 0.804. The highest BCUT2D eigenvalue weighted by Crippen LogP contribution is 2.06. The number of pyridine rings is 1. The first-order chi connectivity index (χ1) is 8.70. The van der Waals surface area contributed by atoms with Crippen molar-refractivity contribution in [2.24, 2.45) is 0 Å². The molecule has 0 bridgehead atoms. The van der Waals surface area contributed by atoms with Gasteiger partial charge < -0.3 is 14.7 Å². The lowest BCUT2D eigenvalue weighted by Crippen LogP contribution is -2.31. The lowest BCUT2D eigenvalue weighted by atomic mass is 10.2. The molecule has 96 valence electrons. The molecule has 1 aromatic heterocycles. The quantitative estimate of drug-likeness (QED) is 0.770. The normalized spacial score (nSPS) is 9.50. The fourth-order valence-corrected chi connectivity index (χ4v) is 1.32. The molecule has 1 amide bonds. The van der Waals surface area contributed by atoms with E-state index in [9.17, 15) is 4.79 Å². The van der Waals surface area contributed by atoms with E-state index in [0.29, 0.717) is 18.7 Å². The molecule has 0 aliphatic rings. The minimum atomic E-state index is -0.248. The van der Waals surface area contributed by atoms with Crippen LogP contribution in [-0.2, 0) is 4.74 Å². The second kappa shape index (κ2) is 7.43. The number of likely N-dealkylation sites (N-methyl/N-ethyl adjacent to an activating group) is 1. The Bertz CT molecular complexity index is 463. The van der Waals surface area contributed by atoms with E-state index in [2.05, 4.69) is 16.8 Å². The second-order valence-corrected chi connectivity index (χ2v) is 3.58. The maximum atomic E-state index is 12.1. The van der Waals surface area contributed by atoms with E-state index in [1.54, 1.807) is 32.5 Å². The summed E-state index contributed by atoms with van der Waals surface area (Å²) in [6.07, 6.45) is 1.54. The van der Waals surface area contributed by atoms with Crippen molar-refractivity contribution >= 4 is 5.91 Å². The van der Waals surface area contributed by atoms with E-state index in [4.69, 9.17) is 9.84 Å². The highest BCUT2D eigenvalue weighted by Gasteiger charge is 2.15. The summed E-state index contributed by atoms with van der Waals surface area (Å²) in [7, 11) is 3.26. The first kappa shape index (κ1) is 14.2. The van der Waals surface area contributed by atoms with Crippen LogP contribution in [0.15, 0.2) is 18.3 Å². The zero-order valence-electron chi connectivity index (χ0n) is 10.5. The Morgan fingerprint density at radius 2 is 2.39 bits per heavy atom. The van der Waals surface area contributed by atoms with Crippen molar-refractivity contribution in [1.29, 1.82) is 0 Å². The third-order valence-electron chi connectivity index (χ3n) is 2.29. The molecule has 0 spiro atoms. The predicted molar refractivity (Wildman–Crippen MR) is 67.0 cm³/mol. The number of nitrogens with zero attached hydrogens (tertiary/aromatic N) is 2. The number of carbonyl (C=O) groups is 1. The number of amides is 1. The van der Waals surface area contributed by atoms with Crippen molar-refractivity contribution in [3.05, 3.63) is 29.6 Å². The average molecular weight is 248 g/mol. The van der Waals surface area contributed by atoms with Gasteiger partial charge in [-0.25, -0.2) is 4.98 Å². The number of methoxy groups -OCH3 is 1. The largest absolute Gasteiger partial charge is 0.384 e. The molecule has 18 heavy (non-hydrogen) atoms. The molecule has 0 aliphatic carbocycles. The number of rotatable bonds is 4. The summed E-state index contributed by atoms with van der Waals surface area (Å²) in [5, 5.41) is 8.68. The SMILES string of the molecule is COCCN(C)C(=O)c1ncccc1C#CCO. The van der Waals surface area contributed by atoms with Gasteiger partial charge in [-0.05, 0) is 12.1 Å². The smallest absolute Gasteiger partial charge is 0.273 e. The van der Waals surface area contributed by atoms with E-state index in [1.807, 2.05) is 0 Å². The van der Waals surface area contributed by atoms with E-state index < -0.39 is 0 Å². The van der Waals surface area contributed by atoms with Crippen LogP contribution in [0.4, 0.5) is 0 Å². The van der Waals surface area contributed by atoms with Crippen LogP contribution in [0.1, 0.15) is 16.1 Å². The fraction of sp³-hybridized carbons (Fsp3) is 0.385. The molecule has 1 N–H and O–H groups in total. The van der Waals surface area contributed by atoms with Crippen LogP contribution in [0.3, 0.4) is 0 Å². The Balaban J connectivity index is 2.91. The number of aliphatic hydroxyl groups excluding tert-OH is 1. The minimum Gasteiger partial charge on any atom is -0.384 e. The Morgan fingerprint density at radius 1 is 1.61 bits per heavy atom. The van der Waals surface area contributed by atoms with Crippen LogP contribution in [0, 0.1) is 11.8 Å². The first-order valence-electron chi connectivity index (χ1n) is 5.50. The van der Waals surface area contributed by atoms with E-state index in [1.165, 1.54) is 4.90 Å². The van der Waals surface area contributed by atoms with Gasteiger partial charge in [0.05, 0.1) is 12.2 Å². The fourth-order valence-electron chi connectivity index (χ4n) is 1.32. The molecule has 0 fully saturated rings. The molecule has 0 saturated heterocycles. The third-order valence-corrected chi connectivity index (χ3v) is 2.29. The van der Waals surface area contributed by atoms with Crippen LogP contribution >= 0.6 is 0 Å². The van der Waals surface area contributed by atoms with Crippen LogP contribution in [0.2, 0.25) is 0 Å². The Morgan fingerprint density at radius 3 is 3.06 bits per heavy atom. The van der Waals surface area contributed by atoms with E-state index >= 15 is 0 Å². The van der Waals surface area contributed by atoms with Gasteiger partial charge in [-0.3, -0.25) is 4.79 Å².